The molecule has 0 aromatic heterocycles. The van der Waals surface area contributed by atoms with Gasteiger partial charge in [-0.2, -0.15) is 0 Å². The van der Waals surface area contributed by atoms with Crippen LogP contribution in [0.1, 0.15) is 23.6 Å². The van der Waals surface area contributed by atoms with Crippen molar-refractivity contribution in [2.45, 2.75) is 32.5 Å². The first-order chi connectivity index (χ1) is 17.9. The smallest absolute Gasteiger partial charge is 0.219 e. The molecule has 2 unspecified atom stereocenters. The lowest BCUT2D eigenvalue weighted by molar-refractivity contribution is -0.132. The summed E-state index contributed by atoms with van der Waals surface area (Å²) >= 11 is 0. The molecule has 9 heteroatoms. The van der Waals surface area contributed by atoms with Crippen molar-refractivity contribution in [3.63, 3.8) is 0 Å². The molecule has 0 aliphatic carbocycles. The van der Waals surface area contributed by atoms with Gasteiger partial charge >= 0.3 is 0 Å². The maximum Gasteiger partial charge on any atom is 0.219 e. The summed E-state index contributed by atoms with van der Waals surface area (Å²) in [5, 5.41) is 22.0. The molecule has 3 heterocycles. The van der Waals surface area contributed by atoms with Crippen LogP contribution in [0.2, 0.25) is 0 Å². The highest BCUT2D eigenvalue weighted by atomic mass is 19.1. The fourth-order valence-corrected chi connectivity index (χ4v) is 5.18. The van der Waals surface area contributed by atoms with Crippen LogP contribution in [-0.4, -0.2) is 72.4 Å². The van der Waals surface area contributed by atoms with Crippen molar-refractivity contribution in [2.24, 2.45) is 0 Å². The summed E-state index contributed by atoms with van der Waals surface area (Å²) < 4.78 is 20.2. The monoisotopic (exact) mass is 506 g/mol. The van der Waals surface area contributed by atoms with Crippen LogP contribution in [0.15, 0.2) is 66.1 Å². The summed E-state index contributed by atoms with van der Waals surface area (Å²) in [4.78, 5) is 15.9. The second kappa shape index (κ2) is 10.9. The van der Waals surface area contributed by atoms with Crippen LogP contribution in [0, 0.1) is 17.9 Å². The summed E-state index contributed by atoms with van der Waals surface area (Å²) in [6.45, 7) is 7.11. The third kappa shape index (κ3) is 5.49. The molecule has 5 rings (SSSR count). The van der Waals surface area contributed by atoms with E-state index in [-0.39, 0.29) is 11.7 Å². The van der Waals surface area contributed by atoms with Gasteiger partial charge in [0.05, 0.1) is 6.67 Å². The minimum absolute atomic E-state index is 0.0637. The Morgan fingerprint density at radius 1 is 1.11 bits per heavy atom. The zero-order chi connectivity index (χ0) is 25.9. The number of rotatable bonds is 4. The predicted molar refractivity (Wildman–Crippen MR) is 140 cm³/mol. The molecule has 0 spiro atoms. The Kier molecular flexibility index (Phi) is 7.45. The summed E-state index contributed by atoms with van der Waals surface area (Å²) in [5.41, 5.74) is 4.08. The highest BCUT2D eigenvalue weighted by Crippen LogP contribution is 2.33. The Hall–Kier alpha value is -3.40. The number of nitrogens with zero attached hydrogens (tertiary/aromatic N) is 3. The van der Waals surface area contributed by atoms with Crippen LogP contribution in [0.5, 0.6) is 0 Å². The average Bonchev–Trinajstić information content (AvgIpc) is 2.90. The van der Waals surface area contributed by atoms with Crippen LogP contribution in [0.4, 0.5) is 4.39 Å². The number of amides is 1. The number of hydroxylamine groups is 2. The zero-order valence-corrected chi connectivity index (χ0v) is 21.2. The maximum atomic E-state index is 14.3. The fourth-order valence-electron chi connectivity index (χ4n) is 5.18. The molecule has 2 N–H and O–H groups in total. The van der Waals surface area contributed by atoms with Gasteiger partial charge in [0.15, 0.2) is 12.1 Å². The van der Waals surface area contributed by atoms with Crippen molar-refractivity contribution >= 4 is 11.6 Å². The number of piperazine rings is 1. The molecule has 37 heavy (non-hydrogen) atoms. The van der Waals surface area contributed by atoms with Gasteiger partial charge in [0.2, 0.25) is 5.91 Å². The molecule has 3 aliphatic rings. The SMILES string of the molecule is CC(=O)N1CCN(C2/C=C(/c3ccccc3C)N([O-])C(Cc3ccc(F)cc3)C3=C(NCNC3)O2)CC1. The normalized spacial score (nSPS) is 24.3. The molecular formula is C28H33FN5O3-. The largest absolute Gasteiger partial charge is 0.758 e. The van der Waals surface area contributed by atoms with Crippen LogP contribution in [0.3, 0.4) is 0 Å². The third-order valence-corrected chi connectivity index (χ3v) is 7.33. The number of carbonyl (C=O) groups is 1. The third-order valence-electron chi connectivity index (χ3n) is 7.33. The number of halogens is 1. The number of hydrogen-bond acceptors (Lipinski definition) is 7. The lowest BCUT2D eigenvalue weighted by atomic mass is 9.95. The van der Waals surface area contributed by atoms with Crippen molar-refractivity contribution in [3.8, 4) is 0 Å². The number of aryl methyl sites for hydroxylation is 1. The Bertz CT molecular complexity index is 1190. The van der Waals surface area contributed by atoms with E-state index in [0.717, 1.165) is 27.3 Å². The van der Waals surface area contributed by atoms with Gasteiger partial charge in [-0.3, -0.25) is 15.0 Å². The lowest BCUT2D eigenvalue weighted by Gasteiger charge is -2.47. The van der Waals surface area contributed by atoms with E-state index >= 15 is 0 Å². The molecular weight excluding hydrogens is 473 g/mol. The van der Waals surface area contributed by atoms with Gasteiger partial charge in [-0.25, -0.2) is 4.39 Å². The number of hydrogen-bond donors (Lipinski definition) is 2. The summed E-state index contributed by atoms with van der Waals surface area (Å²) in [6.07, 6.45) is 1.83. The standard InChI is InChI=1S/C28H33FN5O3/c1-19-5-3-4-6-23(19)26-16-27(33-13-11-32(12-14-33)20(2)35)37-28-24(17-30-18-31-28)25(34(26)36)15-21-7-9-22(29)10-8-21/h3-10,16,25,27,30-31H,11-15,17-18H2,1-2H3/q-1/b26-16-. The van der Waals surface area contributed by atoms with Gasteiger partial charge in [0.1, 0.15) is 5.82 Å². The topological polar surface area (TPSA) is 83.1 Å². The molecule has 8 nitrogen and oxygen atoms in total. The van der Waals surface area contributed by atoms with E-state index in [1.807, 2.05) is 42.2 Å². The zero-order valence-electron chi connectivity index (χ0n) is 21.2. The molecule has 2 aromatic carbocycles. The highest BCUT2D eigenvalue weighted by molar-refractivity contribution is 5.73. The van der Waals surface area contributed by atoms with Gasteiger partial charge < -0.3 is 25.2 Å². The first-order valence-corrected chi connectivity index (χ1v) is 12.7. The first-order valence-electron chi connectivity index (χ1n) is 12.7. The van der Waals surface area contributed by atoms with E-state index in [9.17, 15) is 14.4 Å². The number of carbonyl (C=O) groups excluding carboxylic acids is 1. The average molecular weight is 507 g/mol. The van der Waals surface area contributed by atoms with Gasteiger partial charge in [-0.15, -0.1) is 0 Å². The quantitative estimate of drug-likeness (QED) is 0.660. The Morgan fingerprint density at radius 2 is 1.84 bits per heavy atom. The molecule has 1 fully saturated rings. The second-order valence-electron chi connectivity index (χ2n) is 9.72. The number of benzene rings is 2. The van der Waals surface area contributed by atoms with Crippen molar-refractivity contribution in [1.29, 1.82) is 0 Å². The molecule has 1 amide bonds. The second-order valence-corrected chi connectivity index (χ2v) is 9.72. The van der Waals surface area contributed by atoms with Crippen molar-refractivity contribution in [2.75, 3.05) is 39.4 Å². The van der Waals surface area contributed by atoms with Gasteiger partial charge in [0, 0.05) is 57.0 Å². The Labute approximate surface area is 216 Å². The molecule has 2 aromatic rings. The van der Waals surface area contributed by atoms with Crippen molar-refractivity contribution < 1.29 is 13.9 Å². The van der Waals surface area contributed by atoms with Crippen molar-refractivity contribution in [1.82, 2.24) is 25.5 Å². The van der Waals surface area contributed by atoms with E-state index < -0.39 is 12.3 Å². The van der Waals surface area contributed by atoms with Gasteiger partial charge in [0.25, 0.3) is 0 Å². The molecule has 0 saturated carbocycles. The molecule has 0 radical (unpaired) electrons. The van der Waals surface area contributed by atoms with E-state index in [4.69, 9.17) is 4.74 Å². The summed E-state index contributed by atoms with van der Waals surface area (Å²) in [7, 11) is 0. The fraction of sp³-hybridized carbons (Fsp3) is 0.393. The van der Waals surface area contributed by atoms with Crippen LogP contribution in [0.25, 0.3) is 5.70 Å². The number of ether oxygens (including phenoxy) is 1. The maximum absolute atomic E-state index is 14.3. The minimum atomic E-state index is -0.554. The lowest BCUT2D eigenvalue weighted by Crippen LogP contribution is -2.54. The highest BCUT2D eigenvalue weighted by Gasteiger charge is 2.33. The van der Waals surface area contributed by atoms with E-state index in [0.29, 0.717) is 57.4 Å². The van der Waals surface area contributed by atoms with Gasteiger partial charge in [-0.1, -0.05) is 36.4 Å². The first kappa shape index (κ1) is 25.3. The molecule has 2 atom stereocenters. The van der Waals surface area contributed by atoms with Crippen LogP contribution >= 0.6 is 0 Å². The van der Waals surface area contributed by atoms with Crippen LogP contribution < -0.4 is 10.6 Å². The van der Waals surface area contributed by atoms with E-state index in [1.165, 1.54) is 12.1 Å². The van der Waals surface area contributed by atoms with E-state index in [2.05, 4.69) is 15.5 Å². The summed E-state index contributed by atoms with van der Waals surface area (Å²) in [6, 6.07) is 13.6. The minimum Gasteiger partial charge on any atom is -0.758 e. The molecule has 196 valence electrons. The van der Waals surface area contributed by atoms with Gasteiger partial charge in [-0.05, 0) is 48.2 Å². The van der Waals surface area contributed by atoms with Crippen LogP contribution in [-0.2, 0) is 16.0 Å². The number of nitrogens with one attached hydrogen (secondary N) is 2. The molecule has 1 saturated heterocycles. The molecule has 0 bridgehead atoms. The molecule has 3 aliphatic heterocycles. The van der Waals surface area contributed by atoms with Crippen molar-refractivity contribution in [3.05, 3.63) is 93.8 Å². The summed E-state index contributed by atoms with van der Waals surface area (Å²) in [5.74, 6) is 0.359. The Morgan fingerprint density at radius 3 is 2.54 bits per heavy atom. The van der Waals surface area contributed by atoms with E-state index in [1.54, 1.807) is 19.1 Å². The Balaban J connectivity index is 1.55. The predicted octanol–water partition coefficient (Wildman–Crippen LogP) is 2.77.